The van der Waals surface area contributed by atoms with Gasteiger partial charge in [0.25, 0.3) is 0 Å². The fourth-order valence-electron chi connectivity index (χ4n) is 0.716. The second kappa shape index (κ2) is 8.98. The molecule has 0 spiro atoms. The molecule has 0 saturated carbocycles. The molecular formula is C10H5F5O3Y-2. The van der Waals surface area contributed by atoms with Crippen molar-refractivity contribution in [3.8, 4) is 5.75 Å². The Morgan fingerprint density at radius 2 is 1.26 bits per heavy atom. The van der Waals surface area contributed by atoms with E-state index in [1.54, 1.807) is 0 Å². The molecule has 0 aliphatic carbocycles. The van der Waals surface area contributed by atoms with E-state index in [1.807, 2.05) is 0 Å². The van der Waals surface area contributed by atoms with Crippen molar-refractivity contribution in [1.82, 2.24) is 0 Å². The molecule has 0 aromatic heterocycles. The Morgan fingerprint density at radius 3 is 1.53 bits per heavy atom. The summed E-state index contributed by atoms with van der Waals surface area (Å²) in [5.41, 5.74) is 0. The maximum absolute atomic E-state index is 12.6. The molecule has 3 nitrogen and oxygen atoms in total. The molecule has 0 saturated heterocycles. The minimum atomic E-state index is -2.32. The summed E-state index contributed by atoms with van der Waals surface area (Å²) in [5, 5.41) is 0. The standard InChI is InChI=1S/C7F5O2.C3H5O.Y/c8-2-3(9)5(11)7(14-1-13)6(12)4(2)10;1-3(2)4;/h;1H2,2H3;/q2*-1;. The summed E-state index contributed by atoms with van der Waals surface area (Å²) in [6.45, 7) is 4.97. The summed E-state index contributed by atoms with van der Waals surface area (Å²) in [4.78, 5) is 18.9. The topological polar surface area (TPSA) is 43.4 Å². The summed E-state index contributed by atoms with van der Waals surface area (Å²) in [6.07, 6.45) is 0. The number of Topliss-reactive ketones (excluding diaryl/α,β-unsaturated/α-hetero) is 1. The number of halogens is 5. The molecule has 1 radical (unpaired) electrons. The van der Waals surface area contributed by atoms with Gasteiger partial charge in [-0.05, 0) is 12.7 Å². The van der Waals surface area contributed by atoms with Gasteiger partial charge in [-0.3, -0.25) is 0 Å². The van der Waals surface area contributed by atoms with Gasteiger partial charge in [-0.15, -0.1) is 0 Å². The Morgan fingerprint density at radius 1 is 1.00 bits per heavy atom. The fourth-order valence-corrected chi connectivity index (χ4v) is 0.716. The Bertz CT molecular complexity index is 446. The van der Waals surface area contributed by atoms with E-state index in [-0.39, 0.29) is 38.5 Å². The van der Waals surface area contributed by atoms with Gasteiger partial charge in [0, 0.05) is 38.5 Å². The zero-order chi connectivity index (χ0) is 14.5. The van der Waals surface area contributed by atoms with Crippen LogP contribution in [0.1, 0.15) is 6.92 Å². The van der Waals surface area contributed by atoms with Crippen molar-refractivity contribution in [3.63, 3.8) is 0 Å². The van der Waals surface area contributed by atoms with Crippen molar-refractivity contribution in [2.24, 2.45) is 0 Å². The molecule has 0 aliphatic rings. The molecule has 1 aromatic rings. The maximum Gasteiger partial charge on any atom is 0.197 e. The normalized spacial score (nSPS) is 8.74. The van der Waals surface area contributed by atoms with Crippen LogP contribution in [-0.4, -0.2) is 12.3 Å². The molecule has 0 aliphatic heterocycles. The molecule has 1 aromatic carbocycles. The number of ketones is 1. The van der Waals surface area contributed by atoms with Gasteiger partial charge in [0.15, 0.2) is 23.9 Å². The van der Waals surface area contributed by atoms with Crippen molar-refractivity contribution in [1.29, 1.82) is 0 Å². The minimum absolute atomic E-state index is 0. The van der Waals surface area contributed by atoms with Gasteiger partial charge in [0.2, 0.25) is 0 Å². The Labute approximate surface area is 130 Å². The number of rotatable bonds is 2. The second-order valence-corrected chi connectivity index (χ2v) is 2.79. The summed E-state index contributed by atoms with van der Waals surface area (Å²) < 4.78 is 65.7. The predicted molar refractivity (Wildman–Crippen MR) is 48.6 cm³/mol. The van der Waals surface area contributed by atoms with Gasteiger partial charge >= 0.3 is 0 Å². The fraction of sp³-hybridized carbons (Fsp3) is 0.100. The van der Waals surface area contributed by atoms with Gasteiger partial charge in [-0.1, -0.05) is 0 Å². The molecule has 19 heavy (non-hydrogen) atoms. The molecule has 1 rings (SSSR count). The van der Waals surface area contributed by atoms with E-state index in [4.69, 9.17) is 0 Å². The predicted octanol–water partition coefficient (Wildman–Crippen LogP) is 2.24. The zero-order valence-electron chi connectivity index (χ0n) is 9.40. The first kappa shape index (κ1) is 20.3. The largest absolute Gasteiger partial charge is 0.605 e. The van der Waals surface area contributed by atoms with Crippen LogP contribution in [0.4, 0.5) is 22.0 Å². The molecule has 0 N–H and O–H groups in total. The van der Waals surface area contributed by atoms with Gasteiger partial charge in [-0.2, -0.15) is 0 Å². The second-order valence-electron chi connectivity index (χ2n) is 2.79. The Kier molecular flexibility index (Phi) is 9.59. The molecule has 0 amide bonds. The number of hydrogen-bond acceptors (Lipinski definition) is 3. The van der Waals surface area contributed by atoms with Crippen LogP contribution in [0.5, 0.6) is 5.75 Å². The summed E-state index contributed by atoms with van der Waals surface area (Å²) in [6, 6.07) is 0. The van der Waals surface area contributed by atoms with Crippen LogP contribution in [-0.2, 0) is 42.3 Å². The van der Waals surface area contributed by atoms with Crippen LogP contribution in [0, 0.1) is 36.0 Å². The summed E-state index contributed by atoms with van der Waals surface area (Å²) >= 11 is 0. The summed E-state index contributed by atoms with van der Waals surface area (Å²) in [7, 11) is 0. The van der Waals surface area contributed by atoms with Crippen LogP contribution >= 0.6 is 0 Å². The van der Waals surface area contributed by atoms with E-state index < -0.39 is 34.8 Å². The number of hydrogen-bond donors (Lipinski definition) is 0. The average Bonchev–Trinajstić information content (AvgIpc) is 2.29. The van der Waals surface area contributed by atoms with E-state index in [1.165, 1.54) is 6.92 Å². The first-order valence-electron chi connectivity index (χ1n) is 4.11. The summed E-state index contributed by atoms with van der Waals surface area (Å²) in [5.74, 6) is -12.9. The third kappa shape index (κ3) is 5.65. The maximum atomic E-state index is 12.6. The Hall–Kier alpha value is -1.02. The van der Waals surface area contributed by atoms with Crippen molar-refractivity contribution >= 4 is 12.3 Å². The van der Waals surface area contributed by atoms with Gasteiger partial charge in [0.05, 0.1) is 0 Å². The molecule has 9 heteroatoms. The minimum Gasteiger partial charge on any atom is -0.605 e. The molecular weight excluding hydrogens is 352 g/mol. The van der Waals surface area contributed by atoms with E-state index in [2.05, 4.69) is 11.7 Å². The first-order chi connectivity index (χ1) is 8.23. The third-order valence-corrected chi connectivity index (χ3v) is 1.31. The van der Waals surface area contributed by atoms with Gasteiger partial charge in [-0.25, -0.2) is 22.0 Å². The van der Waals surface area contributed by atoms with Crippen LogP contribution in [0.3, 0.4) is 0 Å². The molecule has 0 atom stereocenters. The van der Waals surface area contributed by atoms with Crippen molar-refractivity contribution < 1.29 is 69.0 Å². The first-order valence-corrected chi connectivity index (χ1v) is 4.11. The van der Waals surface area contributed by atoms with Crippen LogP contribution in [0.2, 0.25) is 0 Å². The van der Waals surface area contributed by atoms with E-state index >= 15 is 0 Å². The van der Waals surface area contributed by atoms with Crippen molar-refractivity contribution in [2.75, 3.05) is 0 Å². The van der Waals surface area contributed by atoms with Crippen molar-refractivity contribution in [2.45, 2.75) is 6.92 Å². The number of carbonyl (C=O) groups is 1. The number of carbonyl (C=O) groups excluding carboxylic acids is 2. The smallest absolute Gasteiger partial charge is 0.197 e. The Balaban J connectivity index is 0. The molecule has 0 unspecified atom stereocenters. The monoisotopic (exact) mass is 357 g/mol. The number of ether oxygens (including phenoxy) is 1. The van der Waals surface area contributed by atoms with Crippen LogP contribution in [0.15, 0.2) is 0 Å². The van der Waals surface area contributed by atoms with E-state index in [9.17, 15) is 31.5 Å². The van der Waals surface area contributed by atoms with Crippen LogP contribution < -0.4 is 4.74 Å². The van der Waals surface area contributed by atoms with E-state index in [0.717, 1.165) is 0 Å². The number of benzene rings is 1. The zero-order valence-corrected chi connectivity index (χ0v) is 12.2. The SMILES string of the molecule is O=[C-]Oc1c(F)c(F)c(F)c(F)c1F.[CH2-]C(C)=O.[Y]. The average molecular weight is 357 g/mol. The molecule has 0 bridgehead atoms. The third-order valence-electron chi connectivity index (χ3n) is 1.31. The van der Waals surface area contributed by atoms with Crippen LogP contribution in [0.25, 0.3) is 0 Å². The quantitative estimate of drug-likeness (QED) is 0.353. The molecule has 0 heterocycles. The molecule has 0 fully saturated rings. The molecule has 103 valence electrons. The van der Waals surface area contributed by atoms with E-state index in [0.29, 0.717) is 6.47 Å². The van der Waals surface area contributed by atoms with Gasteiger partial charge < -0.3 is 21.2 Å². The van der Waals surface area contributed by atoms with Gasteiger partial charge in [0.1, 0.15) is 11.6 Å². The van der Waals surface area contributed by atoms with Crippen molar-refractivity contribution in [3.05, 3.63) is 36.0 Å².